The number of benzene rings is 1. The lowest BCUT2D eigenvalue weighted by Crippen LogP contribution is -2.39. The van der Waals surface area contributed by atoms with Gasteiger partial charge < -0.3 is 15.4 Å². The van der Waals surface area contributed by atoms with Crippen molar-refractivity contribution in [3.63, 3.8) is 0 Å². The number of hydrogen-bond donors (Lipinski definition) is 1. The Bertz CT molecular complexity index is 1010. The molecule has 0 saturated carbocycles. The van der Waals surface area contributed by atoms with Gasteiger partial charge in [-0.15, -0.1) is 0 Å². The molecule has 7 nitrogen and oxygen atoms in total. The molecule has 1 fully saturated rings. The smallest absolute Gasteiger partial charge is 0.255 e. The van der Waals surface area contributed by atoms with E-state index in [1.54, 1.807) is 24.5 Å². The molecule has 4 rings (SSSR count). The SMILES string of the molecule is Cc1ccccc1Oc1nccnc1[C@@H]1CCCN(C(=O)c2ccc(N)nc2)C1. The zero-order chi connectivity index (χ0) is 20.2. The number of rotatable bonds is 4. The first-order chi connectivity index (χ1) is 14.1. The second-order valence-electron chi connectivity index (χ2n) is 7.18. The number of hydrogen-bond acceptors (Lipinski definition) is 6. The summed E-state index contributed by atoms with van der Waals surface area (Å²) in [6, 6.07) is 11.2. The Labute approximate surface area is 169 Å². The second-order valence-corrected chi connectivity index (χ2v) is 7.18. The third-order valence-corrected chi connectivity index (χ3v) is 5.12. The largest absolute Gasteiger partial charge is 0.437 e. The summed E-state index contributed by atoms with van der Waals surface area (Å²) in [5.74, 6) is 1.66. The molecule has 1 atom stereocenters. The number of amides is 1. The number of carbonyl (C=O) groups is 1. The van der Waals surface area contributed by atoms with Gasteiger partial charge in [0.05, 0.1) is 5.56 Å². The monoisotopic (exact) mass is 389 g/mol. The van der Waals surface area contributed by atoms with Crippen molar-refractivity contribution in [1.29, 1.82) is 0 Å². The molecule has 29 heavy (non-hydrogen) atoms. The van der Waals surface area contributed by atoms with Crippen molar-refractivity contribution in [3.05, 3.63) is 71.8 Å². The maximum absolute atomic E-state index is 12.9. The van der Waals surface area contributed by atoms with E-state index in [0.717, 1.165) is 29.8 Å². The fraction of sp³-hybridized carbons (Fsp3) is 0.273. The third kappa shape index (κ3) is 4.18. The molecule has 1 aliphatic rings. The van der Waals surface area contributed by atoms with E-state index in [9.17, 15) is 4.79 Å². The van der Waals surface area contributed by atoms with Crippen LogP contribution in [0.15, 0.2) is 55.0 Å². The van der Waals surface area contributed by atoms with Gasteiger partial charge in [-0.05, 0) is 43.5 Å². The highest BCUT2D eigenvalue weighted by Gasteiger charge is 2.29. The summed E-state index contributed by atoms with van der Waals surface area (Å²) in [7, 11) is 0. The van der Waals surface area contributed by atoms with E-state index in [-0.39, 0.29) is 11.8 Å². The molecule has 2 aromatic heterocycles. The van der Waals surface area contributed by atoms with Crippen molar-refractivity contribution in [3.8, 4) is 11.6 Å². The molecule has 3 heterocycles. The molecule has 0 aliphatic carbocycles. The Morgan fingerprint density at radius 3 is 2.76 bits per heavy atom. The van der Waals surface area contributed by atoms with Crippen molar-refractivity contribution < 1.29 is 9.53 Å². The van der Waals surface area contributed by atoms with Crippen LogP contribution >= 0.6 is 0 Å². The van der Waals surface area contributed by atoms with Gasteiger partial charge in [0.15, 0.2) is 0 Å². The van der Waals surface area contributed by atoms with Crippen LogP contribution in [-0.2, 0) is 0 Å². The van der Waals surface area contributed by atoms with Crippen LogP contribution in [0, 0.1) is 6.92 Å². The fourth-order valence-corrected chi connectivity index (χ4v) is 3.57. The average molecular weight is 389 g/mol. The summed E-state index contributed by atoms with van der Waals surface area (Å²) in [5, 5.41) is 0. The van der Waals surface area contributed by atoms with Crippen molar-refractivity contribution in [1.82, 2.24) is 19.9 Å². The van der Waals surface area contributed by atoms with Gasteiger partial charge in [-0.3, -0.25) is 9.78 Å². The van der Waals surface area contributed by atoms with Crippen molar-refractivity contribution in [2.24, 2.45) is 0 Å². The highest BCUT2D eigenvalue weighted by atomic mass is 16.5. The van der Waals surface area contributed by atoms with Crippen LogP contribution in [0.25, 0.3) is 0 Å². The minimum absolute atomic E-state index is 0.0486. The van der Waals surface area contributed by atoms with Crippen LogP contribution in [-0.4, -0.2) is 38.8 Å². The Morgan fingerprint density at radius 2 is 1.97 bits per heavy atom. The van der Waals surface area contributed by atoms with Crippen molar-refractivity contribution >= 4 is 11.7 Å². The van der Waals surface area contributed by atoms with Crippen LogP contribution < -0.4 is 10.5 Å². The molecule has 1 aliphatic heterocycles. The minimum Gasteiger partial charge on any atom is -0.437 e. The number of nitrogen functional groups attached to an aromatic ring is 1. The molecular formula is C22H23N5O2. The van der Waals surface area contributed by atoms with Gasteiger partial charge in [0.2, 0.25) is 5.88 Å². The Kier molecular flexibility index (Phi) is 5.37. The molecule has 0 spiro atoms. The second kappa shape index (κ2) is 8.26. The zero-order valence-corrected chi connectivity index (χ0v) is 16.3. The van der Waals surface area contributed by atoms with Gasteiger partial charge in [0.25, 0.3) is 5.91 Å². The van der Waals surface area contributed by atoms with Crippen LogP contribution in [0.5, 0.6) is 11.6 Å². The van der Waals surface area contributed by atoms with E-state index in [1.165, 1.54) is 6.20 Å². The number of anilines is 1. The van der Waals surface area contributed by atoms with E-state index in [1.807, 2.05) is 36.1 Å². The van der Waals surface area contributed by atoms with Gasteiger partial charge >= 0.3 is 0 Å². The van der Waals surface area contributed by atoms with E-state index in [4.69, 9.17) is 10.5 Å². The number of para-hydroxylation sites is 1. The summed E-state index contributed by atoms with van der Waals surface area (Å²) in [5.41, 5.74) is 7.98. The lowest BCUT2D eigenvalue weighted by atomic mass is 9.94. The zero-order valence-electron chi connectivity index (χ0n) is 16.3. The highest BCUT2D eigenvalue weighted by molar-refractivity contribution is 5.94. The first-order valence-corrected chi connectivity index (χ1v) is 9.67. The number of aromatic nitrogens is 3. The maximum atomic E-state index is 12.9. The minimum atomic E-state index is -0.0486. The molecular weight excluding hydrogens is 366 g/mol. The molecule has 148 valence electrons. The fourth-order valence-electron chi connectivity index (χ4n) is 3.57. The van der Waals surface area contributed by atoms with Gasteiger partial charge in [-0.25, -0.2) is 9.97 Å². The molecule has 1 aromatic carbocycles. The van der Waals surface area contributed by atoms with Crippen LogP contribution in [0.4, 0.5) is 5.82 Å². The number of carbonyl (C=O) groups excluding carboxylic acids is 1. The molecule has 1 saturated heterocycles. The van der Waals surface area contributed by atoms with Crippen LogP contribution in [0.3, 0.4) is 0 Å². The van der Waals surface area contributed by atoms with Gasteiger partial charge in [0.1, 0.15) is 17.3 Å². The third-order valence-electron chi connectivity index (χ3n) is 5.12. The quantitative estimate of drug-likeness (QED) is 0.733. The predicted molar refractivity (Wildman–Crippen MR) is 110 cm³/mol. The number of nitrogens with two attached hydrogens (primary N) is 1. The molecule has 1 amide bonds. The standard InChI is InChI=1S/C22H23N5O2/c1-15-5-2-3-7-18(15)29-21-20(24-10-11-25-21)17-6-4-12-27(14-17)22(28)16-8-9-19(23)26-13-16/h2-3,5,7-11,13,17H,4,6,12,14H2,1H3,(H2,23,26)/t17-/m1/s1. The Balaban J connectivity index is 1.55. The van der Waals surface area contributed by atoms with Crippen LogP contribution in [0.2, 0.25) is 0 Å². The van der Waals surface area contributed by atoms with E-state index in [2.05, 4.69) is 15.0 Å². The van der Waals surface area contributed by atoms with Crippen LogP contribution in [0.1, 0.15) is 40.4 Å². The number of pyridine rings is 1. The molecule has 0 unspecified atom stereocenters. The van der Waals surface area contributed by atoms with Crippen molar-refractivity contribution in [2.75, 3.05) is 18.8 Å². The van der Waals surface area contributed by atoms with Gasteiger partial charge in [-0.2, -0.15) is 0 Å². The predicted octanol–water partition coefficient (Wildman–Crippen LogP) is 3.57. The topological polar surface area (TPSA) is 94.2 Å². The molecule has 0 bridgehead atoms. The number of aryl methyl sites for hydroxylation is 1. The lowest BCUT2D eigenvalue weighted by molar-refractivity contribution is 0.0704. The Hall–Kier alpha value is -3.48. The number of piperidine rings is 1. The summed E-state index contributed by atoms with van der Waals surface area (Å²) >= 11 is 0. The Morgan fingerprint density at radius 1 is 1.14 bits per heavy atom. The highest BCUT2D eigenvalue weighted by Crippen LogP contribution is 2.33. The van der Waals surface area contributed by atoms with E-state index >= 15 is 0 Å². The normalized spacial score (nSPS) is 16.4. The summed E-state index contributed by atoms with van der Waals surface area (Å²) in [6.07, 6.45) is 6.63. The number of nitrogens with zero attached hydrogens (tertiary/aromatic N) is 4. The van der Waals surface area contributed by atoms with E-state index < -0.39 is 0 Å². The molecule has 2 N–H and O–H groups in total. The average Bonchev–Trinajstić information content (AvgIpc) is 2.76. The van der Waals surface area contributed by atoms with Gasteiger partial charge in [-0.1, -0.05) is 18.2 Å². The van der Waals surface area contributed by atoms with Gasteiger partial charge in [0, 0.05) is 37.6 Å². The first-order valence-electron chi connectivity index (χ1n) is 9.67. The summed E-state index contributed by atoms with van der Waals surface area (Å²) < 4.78 is 6.09. The summed E-state index contributed by atoms with van der Waals surface area (Å²) in [4.78, 5) is 27.7. The lowest BCUT2D eigenvalue weighted by Gasteiger charge is -2.32. The molecule has 0 radical (unpaired) electrons. The maximum Gasteiger partial charge on any atom is 0.255 e. The van der Waals surface area contributed by atoms with Crippen molar-refractivity contribution in [2.45, 2.75) is 25.7 Å². The number of likely N-dealkylation sites (tertiary alicyclic amines) is 1. The van der Waals surface area contributed by atoms with E-state index in [0.29, 0.717) is 30.4 Å². The molecule has 3 aromatic rings. The molecule has 7 heteroatoms. The summed E-state index contributed by atoms with van der Waals surface area (Å²) in [6.45, 7) is 3.26. The number of ether oxygens (including phenoxy) is 1. The first kappa shape index (κ1) is 18.9.